The molecule has 31 heavy (non-hydrogen) atoms. The van der Waals surface area contributed by atoms with E-state index in [1.165, 1.54) is 6.92 Å². The van der Waals surface area contributed by atoms with Crippen molar-refractivity contribution in [3.05, 3.63) is 58.1 Å². The van der Waals surface area contributed by atoms with E-state index < -0.39 is 0 Å². The summed E-state index contributed by atoms with van der Waals surface area (Å²) in [5.74, 6) is -0.227. The summed E-state index contributed by atoms with van der Waals surface area (Å²) >= 11 is 6.13. The van der Waals surface area contributed by atoms with Crippen molar-refractivity contribution in [1.82, 2.24) is 5.32 Å². The molecule has 0 bridgehead atoms. The van der Waals surface area contributed by atoms with E-state index in [4.69, 9.17) is 16.3 Å². The molecule has 3 rings (SSSR count). The lowest BCUT2D eigenvalue weighted by molar-refractivity contribution is -0.114. The summed E-state index contributed by atoms with van der Waals surface area (Å²) in [5, 5.41) is 9.34. The Balaban J connectivity index is 1.81. The van der Waals surface area contributed by atoms with E-state index in [9.17, 15) is 9.59 Å². The van der Waals surface area contributed by atoms with Crippen molar-refractivity contribution >= 4 is 40.7 Å². The summed E-state index contributed by atoms with van der Waals surface area (Å²) < 4.78 is 5.64. The van der Waals surface area contributed by atoms with Gasteiger partial charge in [0.2, 0.25) is 11.9 Å². The minimum absolute atomic E-state index is 0.0416. The zero-order valence-corrected chi connectivity index (χ0v) is 18.7. The van der Waals surface area contributed by atoms with Gasteiger partial charge in [-0.1, -0.05) is 23.7 Å². The van der Waals surface area contributed by atoms with Gasteiger partial charge in [0.05, 0.1) is 12.6 Å². The summed E-state index contributed by atoms with van der Waals surface area (Å²) in [5.41, 5.74) is 3.58. The molecule has 2 aromatic carbocycles. The molecule has 1 saturated heterocycles. The highest BCUT2D eigenvalue weighted by molar-refractivity contribution is 6.31. The first kappa shape index (κ1) is 22.8. The third kappa shape index (κ3) is 6.54. The molecule has 1 atom stereocenters. The van der Waals surface area contributed by atoms with Crippen LogP contribution in [0.5, 0.6) is 0 Å². The third-order valence-electron chi connectivity index (χ3n) is 4.97. The minimum Gasteiger partial charge on any atom is -0.376 e. The number of carbonyl (C=O) groups is 2. The molecule has 2 amide bonds. The maximum absolute atomic E-state index is 12.9. The highest BCUT2D eigenvalue weighted by atomic mass is 35.5. The summed E-state index contributed by atoms with van der Waals surface area (Å²) in [6.07, 6.45) is 2.00. The third-order valence-corrected chi connectivity index (χ3v) is 5.21. The lowest BCUT2D eigenvalue weighted by atomic mass is 10.1. The number of anilines is 2. The largest absolute Gasteiger partial charge is 0.376 e. The first-order valence-corrected chi connectivity index (χ1v) is 10.6. The summed E-state index contributed by atoms with van der Waals surface area (Å²) in [4.78, 5) is 28.9. The molecule has 1 aliphatic rings. The Labute approximate surface area is 187 Å². The van der Waals surface area contributed by atoms with Gasteiger partial charge in [0.1, 0.15) is 0 Å². The Morgan fingerprint density at radius 3 is 2.48 bits per heavy atom. The van der Waals surface area contributed by atoms with Crippen LogP contribution >= 0.6 is 11.6 Å². The number of nitrogens with one attached hydrogen (secondary N) is 3. The van der Waals surface area contributed by atoms with Gasteiger partial charge < -0.3 is 15.4 Å². The average molecular weight is 443 g/mol. The van der Waals surface area contributed by atoms with E-state index >= 15 is 0 Å². The van der Waals surface area contributed by atoms with Gasteiger partial charge in [-0.05, 0) is 62.1 Å². The van der Waals surface area contributed by atoms with Crippen molar-refractivity contribution in [1.29, 1.82) is 0 Å². The van der Waals surface area contributed by atoms with Gasteiger partial charge in [-0.3, -0.25) is 14.9 Å². The predicted molar refractivity (Wildman–Crippen MR) is 124 cm³/mol. The van der Waals surface area contributed by atoms with Gasteiger partial charge in [0, 0.05) is 35.5 Å². The number of guanidine groups is 1. The fourth-order valence-corrected chi connectivity index (χ4v) is 3.39. The topological polar surface area (TPSA) is 91.8 Å². The van der Waals surface area contributed by atoms with Gasteiger partial charge in [-0.2, -0.15) is 0 Å². The van der Waals surface area contributed by atoms with Crippen LogP contribution in [-0.4, -0.2) is 37.0 Å². The lowest BCUT2D eigenvalue weighted by Gasteiger charge is -2.16. The number of carbonyl (C=O) groups excluding carboxylic acids is 2. The van der Waals surface area contributed by atoms with Gasteiger partial charge in [0.15, 0.2) is 0 Å². The van der Waals surface area contributed by atoms with E-state index in [0.717, 1.165) is 36.3 Å². The van der Waals surface area contributed by atoms with E-state index in [1.54, 1.807) is 30.3 Å². The molecule has 1 aliphatic heterocycles. The number of aliphatic imine (C=N–C) groups is 1. The van der Waals surface area contributed by atoms with Crippen molar-refractivity contribution in [3.63, 3.8) is 0 Å². The first-order valence-electron chi connectivity index (χ1n) is 10.2. The summed E-state index contributed by atoms with van der Waals surface area (Å²) in [6, 6.07) is 10.6. The molecule has 1 fully saturated rings. The number of amides is 2. The lowest BCUT2D eigenvalue weighted by Crippen LogP contribution is -2.37. The number of ether oxygens (including phenoxy) is 1. The first-order chi connectivity index (χ1) is 14.8. The smallest absolute Gasteiger partial charge is 0.258 e. The molecule has 2 aromatic rings. The summed E-state index contributed by atoms with van der Waals surface area (Å²) in [6.45, 7) is 6.41. The molecular formula is C23H27ClN4O3. The fraction of sp³-hybridized carbons (Fsp3) is 0.348. The number of benzene rings is 2. The van der Waals surface area contributed by atoms with Crippen LogP contribution in [0, 0.1) is 13.8 Å². The Morgan fingerprint density at radius 1 is 1.10 bits per heavy atom. The highest BCUT2D eigenvalue weighted by Crippen LogP contribution is 2.21. The van der Waals surface area contributed by atoms with Crippen LogP contribution in [0.3, 0.4) is 0 Å². The van der Waals surface area contributed by atoms with Crippen LogP contribution in [0.2, 0.25) is 5.02 Å². The van der Waals surface area contributed by atoms with Crippen molar-refractivity contribution in [3.8, 4) is 0 Å². The van der Waals surface area contributed by atoms with Gasteiger partial charge in [-0.15, -0.1) is 0 Å². The molecule has 0 radical (unpaired) electrons. The molecule has 0 saturated carbocycles. The van der Waals surface area contributed by atoms with Crippen molar-refractivity contribution < 1.29 is 14.3 Å². The Kier molecular flexibility index (Phi) is 7.65. The normalized spacial score (nSPS) is 16.1. The standard InChI is InChI=1S/C23H27ClN4O3/c1-14-6-8-17(11-20(14)26-16(3)29)22(30)28-23(25-13-19-5-4-10-31-19)27-21-12-18(24)9-7-15(21)2/h6-9,11-12,19H,4-5,10,13H2,1-3H3,(H,26,29)(H2,25,27,28,30). The molecule has 0 aliphatic carbocycles. The van der Waals surface area contributed by atoms with Gasteiger partial charge in [-0.25, -0.2) is 4.99 Å². The van der Waals surface area contributed by atoms with E-state index in [1.807, 2.05) is 19.9 Å². The van der Waals surface area contributed by atoms with Crippen LogP contribution in [0.1, 0.15) is 41.3 Å². The number of rotatable bonds is 5. The Hall–Kier alpha value is -2.90. The van der Waals surface area contributed by atoms with Crippen molar-refractivity contribution in [2.24, 2.45) is 4.99 Å². The average Bonchev–Trinajstić information content (AvgIpc) is 3.24. The van der Waals surface area contributed by atoms with E-state index in [2.05, 4.69) is 20.9 Å². The predicted octanol–water partition coefficient (Wildman–Crippen LogP) is 4.29. The van der Waals surface area contributed by atoms with Crippen LogP contribution in [0.25, 0.3) is 0 Å². The van der Waals surface area contributed by atoms with E-state index in [0.29, 0.717) is 28.8 Å². The zero-order valence-electron chi connectivity index (χ0n) is 17.9. The molecule has 7 nitrogen and oxygen atoms in total. The molecular weight excluding hydrogens is 416 g/mol. The molecule has 1 unspecified atom stereocenters. The number of nitrogens with zero attached hydrogens (tertiary/aromatic N) is 1. The zero-order chi connectivity index (χ0) is 22.4. The monoisotopic (exact) mass is 442 g/mol. The van der Waals surface area contributed by atoms with Crippen LogP contribution < -0.4 is 16.0 Å². The fourth-order valence-electron chi connectivity index (χ4n) is 3.22. The molecule has 3 N–H and O–H groups in total. The summed E-state index contributed by atoms with van der Waals surface area (Å²) in [7, 11) is 0. The molecule has 0 aromatic heterocycles. The van der Waals surface area contributed by atoms with Crippen LogP contribution in [-0.2, 0) is 9.53 Å². The SMILES string of the molecule is CC(=O)Nc1cc(C(=O)NC(=NCC2CCCO2)Nc2cc(Cl)ccc2C)ccc1C. The van der Waals surface area contributed by atoms with Crippen molar-refractivity contribution in [2.75, 3.05) is 23.8 Å². The Morgan fingerprint density at radius 2 is 1.81 bits per heavy atom. The number of hydrogen-bond donors (Lipinski definition) is 3. The number of halogens is 1. The molecule has 1 heterocycles. The molecule has 8 heteroatoms. The quantitative estimate of drug-likeness (QED) is 0.475. The second kappa shape index (κ2) is 10.4. The van der Waals surface area contributed by atoms with Crippen LogP contribution in [0.15, 0.2) is 41.4 Å². The minimum atomic E-state index is -0.343. The van der Waals surface area contributed by atoms with Gasteiger partial charge >= 0.3 is 0 Å². The second-order valence-electron chi connectivity index (χ2n) is 7.57. The van der Waals surface area contributed by atoms with Crippen LogP contribution in [0.4, 0.5) is 11.4 Å². The van der Waals surface area contributed by atoms with Gasteiger partial charge in [0.25, 0.3) is 5.91 Å². The number of aryl methyl sites for hydroxylation is 2. The second-order valence-corrected chi connectivity index (χ2v) is 8.01. The molecule has 164 valence electrons. The maximum Gasteiger partial charge on any atom is 0.258 e. The number of hydrogen-bond acceptors (Lipinski definition) is 4. The highest BCUT2D eigenvalue weighted by Gasteiger charge is 2.17. The van der Waals surface area contributed by atoms with E-state index in [-0.39, 0.29) is 17.9 Å². The molecule has 0 spiro atoms. The Bertz CT molecular complexity index is 1000. The maximum atomic E-state index is 12.9. The van der Waals surface area contributed by atoms with Crippen molar-refractivity contribution in [2.45, 2.75) is 39.7 Å².